The smallest absolute Gasteiger partial charge is 0.224 e. The Morgan fingerprint density at radius 2 is 2.21 bits per heavy atom. The number of ether oxygens (including phenoxy) is 1. The van der Waals surface area contributed by atoms with Crippen molar-refractivity contribution in [2.75, 3.05) is 38.6 Å². The summed E-state index contributed by atoms with van der Waals surface area (Å²) in [5.41, 5.74) is 0. The van der Waals surface area contributed by atoms with Crippen LogP contribution >= 0.6 is 11.8 Å². The summed E-state index contributed by atoms with van der Waals surface area (Å²) >= 11 is 1.55. The summed E-state index contributed by atoms with van der Waals surface area (Å²) in [5, 5.41) is 15.2. The van der Waals surface area contributed by atoms with Crippen LogP contribution in [0.15, 0.2) is 5.16 Å². The van der Waals surface area contributed by atoms with Crippen molar-refractivity contribution >= 4 is 17.7 Å². The molecule has 2 aliphatic rings. The first-order chi connectivity index (χ1) is 11.7. The molecule has 134 valence electrons. The molecule has 8 nitrogen and oxygen atoms in total. The monoisotopic (exact) mass is 354 g/mol. The Morgan fingerprint density at radius 1 is 1.38 bits per heavy atom. The zero-order valence-electron chi connectivity index (χ0n) is 14.2. The van der Waals surface area contributed by atoms with Gasteiger partial charge in [-0.15, -0.1) is 5.10 Å². The maximum absolute atomic E-state index is 12.4. The number of nitrogens with one attached hydrogen (secondary N) is 1. The number of rotatable bonds is 6. The largest absolute Gasteiger partial charge is 0.381 e. The topological polar surface area (TPSA) is 85.2 Å². The number of amides is 1. The summed E-state index contributed by atoms with van der Waals surface area (Å²) in [6.07, 6.45) is 4.29. The van der Waals surface area contributed by atoms with Gasteiger partial charge in [-0.3, -0.25) is 9.69 Å². The van der Waals surface area contributed by atoms with E-state index in [0.29, 0.717) is 12.6 Å². The zero-order valence-corrected chi connectivity index (χ0v) is 15.0. The van der Waals surface area contributed by atoms with E-state index in [1.807, 2.05) is 7.05 Å². The van der Waals surface area contributed by atoms with Crippen molar-refractivity contribution in [1.29, 1.82) is 0 Å². The predicted molar refractivity (Wildman–Crippen MR) is 90.7 cm³/mol. The van der Waals surface area contributed by atoms with Crippen LogP contribution in [0, 0.1) is 5.92 Å². The Labute approximate surface area is 146 Å². The van der Waals surface area contributed by atoms with Crippen LogP contribution in [0.4, 0.5) is 0 Å². The maximum Gasteiger partial charge on any atom is 0.224 e. The second-order valence-electron chi connectivity index (χ2n) is 6.40. The Hall–Kier alpha value is -1.19. The van der Waals surface area contributed by atoms with E-state index in [4.69, 9.17) is 4.74 Å². The molecule has 0 aromatic carbocycles. The van der Waals surface area contributed by atoms with Gasteiger partial charge in [0.05, 0.1) is 5.92 Å². The van der Waals surface area contributed by atoms with Crippen molar-refractivity contribution in [2.45, 2.75) is 36.9 Å². The van der Waals surface area contributed by atoms with Crippen molar-refractivity contribution in [3.05, 3.63) is 0 Å². The fourth-order valence-electron chi connectivity index (χ4n) is 3.41. The fraction of sp³-hybridized carbons (Fsp3) is 0.867. The molecule has 0 saturated carbocycles. The van der Waals surface area contributed by atoms with E-state index in [2.05, 4.69) is 25.7 Å². The average Bonchev–Trinajstić information content (AvgIpc) is 3.04. The van der Waals surface area contributed by atoms with Gasteiger partial charge in [0.1, 0.15) is 0 Å². The van der Waals surface area contributed by atoms with Gasteiger partial charge in [0, 0.05) is 45.1 Å². The number of piperidine rings is 1. The molecule has 1 atom stereocenters. The van der Waals surface area contributed by atoms with Crippen LogP contribution in [-0.2, 0) is 16.6 Å². The Kier molecular flexibility index (Phi) is 6.44. The average molecular weight is 354 g/mol. The van der Waals surface area contributed by atoms with Gasteiger partial charge >= 0.3 is 0 Å². The molecule has 0 spiro atoms. The third-order valence-electron chi connectivity index (χ3n) is 4.74. The second kappa shape index (κ2) is 8.77. The standard InChI is InChI=1S/C15H26N6O2S/c1-20-15(17-18-19-20)24-10-6-16-14(22)12-3-2-7-21(11-12)13-4-8-23-9-5-13/h12-13H,2-11H2,1H3,(H,16,22)/t12-/m0/s1. The molecule has 2 fully saturated rings. The highest BCUT2D eigenvalue weighted by Crippen LogP contribution is 2.23. The quantitative estimate of drug-likeness (QED) is 0.581. The molecule has 0 unspecified atom stereocenters. The lowest BCUT2D eigenvalue weighted by molar-refractivity contribution is -0.127. The molecule has 0 radical (unpaired) electrons. The number of likely N-dealkylation sites (tertiary alicyclic amines) is 1. The van der Waals surface area contributed by atoms with Crippen LogP contribution in [0.3, 0.4) is 0 Å². The molecule has 1 amide bonds. The summed E-state index contributed by atoms with van der Waals surface area (Å²) in [5.74, 6) is 1.07. The number of nitrogens with zero attached hydrogens (tertiary/aromatic N) is 5. The molecule has 1 N–H and O–H groups in total. The number of aryl methyl sites for hydroxylation is 1. The lowest BCUT2D eigenvalue weighted by Gasteiger charge is -2.39. The van der Waals surface area contributed by atoms with Gasteiger partial charge < -0.3 is 10.1 Å². The number of thioether (sulfide) groups is 1. The third kappa shape index (κ3) is 4.67. The first-order valence-electron chi connectivity index (χ1n) is 8.68. The first-order valence-corrected chi connectivity index (χ1v) is 9.67. The van der Waals surface area contributed by atoms with Crippen LogP contribution in [0.1, 0.15) is 25.7 Å². The summed E-state index contributed by atoms with van der Waals surface area (Å²) < 4.78 is 7.08. The van der Waals surface area contributed by atoms with Crippen LogP contribution < -0.4 is 5.32 Å². The van der Waals surface area contributed by atoms with Gasteiger partial charge in [0.25, 0.3) is 0 Å². The summed E-state index contributed by atoms with van der Waals surface area (Å²) in [7, 11) is 1.81. The Balaban J connectivity index is 1.38. The molecule has 2 saturated heterocycles. The molecular weight excluding hydrogens is 328 g/mol. The molecule has 3 rings (SSSR count). The number of carbonyl (C=O) groups is 1. The lowest BCUT2D eigenvalue weighted by Crippen LogP contribution is -2.48. The van der Waals surface area contributed by atoms with Crippen molar-refractivity contribution in [1.82, 2.24) is 30.4 Å². The minimum atomic E-state index is 0.114. The van der Waals surface area contributed by atoms with E-state index < -0.39 is 0 Å². The Morgan fingerprint density at radius 3 is 2.96 bits per heavy atom. The summed E-state index contributed by atoms with van der Waals surface area (Å²) in [4.78, 5) is 14.9. The lowest BCUT2D eigenvalue weighted by atomic mass is 9.94. The highest BCUT2D eigenvalue weighted by Gasteiger charge is 2.30. The third-order valence-corrected chi connectivity index (χ3v) is 5.76. The molecule has 1 aromatic rings. The molecule has 9 heteroatoms. The molecule has 0 aliphatic carbocycles. The minimum Gasteiger partial charge on any atom is -0.381 e. The highest BCUT2D eigenvalue weighted by molar-refractivity contribution is 7.99. The normalized spacial score (nSPS) is 23.3. The molecule has 2 aliphatic heterocycles. The van der Waals surface area contributed by atoms with Crippen LogP contribution in [0.5, 0.6) is 0 Å². The maximum atomic E-state index is 12.4. The van der Waals surface area contributed by atoms with E-state index in [9.17, 15) is 4.79 Å². The van der Waals surface area contributed by atoms with Gasteiger partial charge in [0.2, 0.25) is 11.1 Å². The van der Waals surface area contributed by atoms with Crippen molar-refractivity contribution in [3.8, 4) is 0 Å². The SMILES string of the molecule is Cn1nnnc1SCCNC(=O)[C@H]1CCCN(C2CCOCC2)C1. The summed E-state index contributed by atoms with van der Waals surface area (Å²) in [6, 6.07) is 0.591. The van der Waals surface area contributed by atoms with Crippen LogP contribution in [0.2, 0.25) is 0 Å². The number of aromatic nitrogens is 4. The number of hydrogen-bond donors (Lipinski definition) is 1. The molecular formula is C15H26N6O2S. The molecule has 24 heavy (non-hydrogen) atoms. The van der Waals surface area contributed by atoms with E-state index in [1.54, 1.807) is 16.4 Å². The van der Waals surface area contributed by atoms with Crippen molar-refractivity contribution < 1.29 is 9.53 Å². The van der Waals surface area contributed by atoms with Gasteiger partial charge in [-0.2, -0.15) is 0 Å². The molecule has 0 bridgehead atoms. The van der Waals surface area contributed by atoms with E-state index in [-0.39, 0.29) is 11.8 Å². The summed E-state index contributed by atoms with van der Waals surface area (Å²) in [6.45, 7) is 4.35. The molecule has 1 aromatic heterocycles. The Bertz CT molecular complexity index is 534. The van der Waals surface area contributed by atoms with Gasteiger partial charge in [0.15, 0.2) is 0 Å². The van der Waals surface area contributed by atoms with E-state index in [1.165, 1.54) is 0 Å². The van der Waals surface area contributed by atoms with Crippen molar-refractivity contribution in [2.24, 2.45) is 13.0 Å². The van der Waals surface area contributed by atoms with Gasteiger partial charge in [-0.25, -0.2) is 4.68 Å². The van der Waals surface area contributed by atoms with Gasteiger partial charge in [-0.1, -0.05) is 11.8 Å². The molecule has 3 heterocycles. The van der Waals surface area contributed by atoms with E-state index in [0.717, 1.165) is 62.9 Å². The van der Waals surface area contributed by atoms with Crippen molar-refractivity contribution in [3.63, 3.8) is 0 Å². The fourth-order valence-corrected chi connectivity index (χ4v) is 4.11. The number of hydrogen-bond acceptors (Lipinski definition) is 7. The highest BCUT2D eigenvalue weighted by atomic mass is 32.2. The van der Waals surface area contributed by atoms with E-state index >= 15 is 0 Å². The predicted octanol–water partition coefficient (Wildman–Crippen LogP) is 0.309. The van der Waals surface area contributed by atoms with Crippen LogP contribution in [0.25, 0.3) is 0 Å². The number of tetrazole rings is 1. The number of carbonyl (C=O) groups excluding carboxylic acids is 1. The minimum absolute atomic E-state index is 0.114. The first kappa shape index (κ1) is 17.6. The van der Waals surface area contributed by atoms with Gasteiger partial charge in [-0.05, 0) is 42.7 Å². The zero-order chi connectivity index (χ0) is 16.8. The second-order valence-corrected chi connectivity index (χ2v) is 7.46. The van der Waals surface area contributed by atoms with Crippen LogP contribution in [-0.4, -0.2) is 75.7 Å².